The van der Waals surface area contributed by atoms with E-state index in [1.165, 1.54) is 11.3 Å². The van der Waals surface area contributed by atoms with Gasteiger partial charge in [-0.25, -0.2) is 4.98 Å². The molecule has 0 aliphatic carbocycles. The zero-order valence-electron chi connectivity index (χ0n) is 12.6. The third-order valence-electron chi connectivity index (χ3n) is 3.25. The first-order valence-corrected chi connectivity index (χ1v) is 8.88. The number of rotatable bonds is 5. The van der Waals surface area contributed by atoms with E-state index in [4.69, 9.17) is 0 Å². The fraction of sp³-hybridized carbons (Fsp3) is 0.118. The summed E-state index contributed by atoms with van der Waals surface area (Å²) in [5.41, 5.74) is 1.73. The molecule has 7 heteroatoms. The Morgan fingerprint density at radius 3 is 2.67 bits per heavy atom. The summed E-state index contributed by atoms with van der Waals surface area (Å²) in [5.74, 6) is -0.487. The maximum atomic E-state index is 11.9. The highest BCUT2D eigenvalue weighted by atomic mass is 79.9. The molecule has 3 rings (SSSR count). The number of anilines is 1. The molecular weight excluding hydrogens is 390 g/mol. The molecule has 0 saturated heterocycles. The molecule has 0 saturated carbocycles. The Kier molecular flexibility index (Phi) is 5.22. The molecule has 24 heavy (non-hydrogen) atoms. The molecule has 1 aromatic heterocycles. The van der Waals surface area contributed by atoms with Crippen LogP contribution in [0.5, 0.6) is 0 Å². The van der Waals surface area contributed by atoms with E-state index in [2.05, 4.69) is 31.5 Å². The molecule has 0 atom stereocenters. The van der Waals surface area contributed by atoms with Gasteiger partial charge in [-0.2, -0.15) is 0 Å². The van der Waals surface area contributed by atoms with Crippen LogP contribution in [0.1, 0.15) is 5.56 Å². The number of fused-ring (bicyclic) bond motifs is 1. The number of hydrogen-bond donors (Lipinski definition) is 2. The number of carbonyl (C=O) groups excluding carboxylic acids is 2. The topological polar surface area (TPSA) is 71.1 Å². The predicted molar refractivity (Wildman–Crippen MR) is 99.1 cm³/mol. The van der Waals surface area contributed by atoms with E-state index in [9.17, 15) is 9.59 Å². The summed E-state index contributed by atoms with van der Waals surface area (Å²) in [6, 6.07) is 15.1. The molecule has 122 valence electrons. The second-order valence-corrected chi connectivity index (χ2v) is 7.06. The van der Waals surface area contributed by atoms with Crippen molar-refractivity contribution in [2.75, 3.05) is 11.9 Å². The smallest absolute Gasteiger partial charge is 0.245 e. The number of nitrogens with one attached hydrogen (secondary N) is 2. The van der Waals surface area contributed by atoms with Crippen LogP contribution in [-0.4, -0.2) is 23.3 Å². The van der Waals surface area contributed by atoms with Crippen LogP contribution in [-0.2, 0) is 16.0 Å². The van der Waals surface area contributed by atoms with E-state index in [0.717, 1.165) is 20.3 Å². The molecule has 0 unspecified atom stereocenters. The number of benzene rings is 2. The highest BCUT2D eigenvalue weighted by Gasteiger charge is 2.10. The average Bonchev–Trinajstić information content (AvgIpc) is 2.95. The Balaban J connectivity index is 1.52. The normalized spacial score (nSPS) is 10.5. The number of aromatic nitrogens is 1. The first-order chi connectivity index (χ1) is 11.6. The highest BCUT2D eigenvalue weighted by molar-refractivity contribution is 9.10. The van der Waals surface area contributed by atoms with Crippen molar-refractivity contribution in [2.45, 2.75) is 6.42 Å². The van der Waals surface area contributed by atoms with Gasteiger partial charge < -0.3 is 10.6 Å². The molecule has 2 amide bonds. The van der Waals surface area contributed by atoms with Gasteiger partial charge in [-0.05, 0) is 23.8 Å². The van der Waals surface area contributed by atoms with Crippen LogP contribution >= 0.6 is 27.3 Å². The van der Waals surface area contributed by atoms with Gasteiger partial charge in [-0.1, -0.05) is 57.6 Å². The number of amides is 2. The van der Waals surface area contributed by atoms with E-state index >= 15 is 0 Å². The predicted octanol–water partition coefficient (Wildman–Crippen LogP) is 3.36. The first kappa shape index (κ1) is 16.6. The minimum atomic E-state index is -0.297. The number of hydrogen-bond acceptors (Lipinski definition) is 4. The molecule has 3 aromatic rings. The van der Waals surface area contributed by atoms with Gasteiger partial charge in [0.05, 0.1) is 23.2 Å². The summed E-state index contributed by atoms with van der Waals surface area (Å²) in [6.07, 6.45) is 0.253. The van der Waals surface area contributed by atoms with Crippen molar-refractivity contribution < 1.29 is 9.59 Å². The van der Waals surface area contributed by atoms with Crippen molar-refractivity contribution in [3.63, 3.8) is 0 Å². The molecule has 2 N–H and O–H groups in total. The molecule has 0 aliphatic rings. The zero-order valence-corrected chi connectivity index (χ0v) is 15.0. The molecule has 5 nitrogen and oxygen atoms in total. The van der Waals surface area contributed by atoms with Crippen LogP contribution in [0.15, 0.2) is 53.0 Å². The lowest BCUT2D eigenvalue weighted by Crippen LogP contribution is -2.33. The lowest BCUT2D eigenvalue weighted by molar-refractivity contribution is -0.123. The fourth-order valence-electron chi connectivity index (χ4n) is 2.14. The summed E-state index contributed by atoms with van der Waals surface area (Å²) in [4.78, 5) is 28.1. The van der Waals surface area contributed by atoms with Crippen LogP contribution in [0.2, 0.25) is 0 Å². The van der Waals surface area contributed by atoms with E-state index in [0.29, 0.717) is 5.13 Å². The van der Waals surface area contributed by atoms with Gasteiger partial charge >= 0.3 is 0 Å². The van der Waals surface area contributed by atoms with Crippen molar-refractivity contribution >= 4 is 54.4 Å². The van der Waals surface area contributed by atoms with Crippen LogP contribution in [0, 0.1) is 0 Å². The Hall–Kier alpha value is -2.25. The van der Waals surface area contributed by atoms with Crippen molar-refractivity contribution in [1.29, 1.82) is 0 Å². The van der Waals surface area contributed by atoms with Gasteiger partial charge in [0.25, 0.3) is 0 Å². The summed E-state index contributed by atoms with van der Waals surface area (Å²) in [5, 5.41) is 5.84. The number of thiazole rings is 1. The molecule has 2 aromatic carbocycles. The van der Waals surface area contributed by atoms with E-state index < -0.39 is 0 Å². The zero-order chi connectivity index (χ0) is 16.9. The van der Waals surface area contributed by atoms with Gasteiger partial charge in [-0.15, -0.1) is 0 Å². The molecule has 0 fully saturated rings. The average molecular weight is 404 g/mol. The van der Waals surface area contributed by atoms with Gasteiger partial charge in [0.1, 0.15) is 0 Å². The number of carbonyl (C=O) groups is 2. The van der Waals surface area contributed by atoms with Crippen molar-refractivity contribution in [3.8, 4) is 0 Å². The van der Waals surface area contributed by atoms with Crippen LogP contribution < -0.4 is 10.6 Å². The fourth-order valence-corrected chi connectivity index (χ4v) is 3.57. The third kappa shape index (κ3) is 4.39. The summed E-state index contributed by atoms with van der Waals surface area (Å²) in [6.45, 7) is -0.0781. The van der Waals surface area contributed by atoms with Gasteiger partial charge in [0.15, 0.2) is 5.13 Å². The summed E-state index contributed by atoms with van der Waals surface area (Å²) >= 11 is 4.80. The Morgan fingerprint density at radius 1 is 1.08 bits per heavy atom. The Bertz CT molecular complexity index is 880. The van der Waals surface area contributed by atoms with Gasteiger partial charge in [-0.3, -0.25) is 9.59 Å². The monoisotopic (exact) mass is 403 g/mol. The molecule has 0 spiro atoms. The second kappa shape index (κ2) is 7.55. The lowest BCUT2D eigenvalue weighted by Gasteiger charge is -2.05. The van der Waals surface area contributed by atoms with Gasteiger partial charge in [0.2, 0.25) is 11.8 Å². The van der Waals surface area contributed by atoms with Gasteiger partial charge in [0, 0.05) is 4.47 Å². The van der Waals surface area contributed by atoms with Crippen molar-refractivity contribution in [3.05, 3.63) is 58.6 Å². The Labute approximate surface area is 151 Å². The van der Waals surface area contributed by atoms with Crippen molar-refractivity contribution in [1.82, 2.24) is 10.3 Å². The van der Waals surface area contributed by atoms with E-state index in [-0.39, 0.29) is 24.8 Å². The maximum absolute atomic E-state index is 11.9. The van der Waals surface area contributed by atoms with E-state index in [1.54, 1.807) is 0 Å². The minimum absolute atomic E-state index is 0.0781. The van der Waals surface area contributed by atoms with Crippen LogP contribution in [0.4, 0.5) is 5.13 Å². The SMILES string of the molecule is O=C(Cc1ccccc1)NCC(=O)Nc1nc2ccc(Br)cc2s1. The molecule has 0 bridgehead atoms. The maximum Gasteiger partial charge on any atom is 0.245 e. The lowest BCUT2D eigenvalue weighted by atomic mass is 10.1. The number of nitrogens with zero attached hydrogens (tertiary/aromatic N) is 1. The second-order valence-electron chi connectivity index (χ2n) is 5.12. The third-order valence-corrected chi connectivity index (χ3v) is 4.68. The molecule has 0 aliphatic heterocycles. The van der Waals surface area contributed by atoms with Crippen LogP contribution in [0.25, 0.3) is 10.2 Å². The molecular formula is C17H14BrN3O2S. The number of halogens is 1. The Morgan fingerprint density at radius 2 is 1.88 bits per heavy atom. The first-order valence-electron chi connectivity index (χ1n) is 7.27. The van der Waals surface area contributed by atoms with Crippen LogP contribution in [0.3, 0.4) is 0 Å². The minimum Gasteiger partial charge on any atom is -0.347 e. The largest absolute Gasteiger partial charge is 0.347 e. The van der Waals surface area contributed by atoms with E-state index in [1.807, 2.05) is 48.5 Å². The molecule has 1 heterocycles. The molecule has 0 radical (unpaired) electrons. The standard InChI is InChI=1S/C17H14BrN3O2S/c18-12-6-7-13-14(9-12)24-17(20-13)21-16(23)10-19-15(22)8-11-4-2-1-3-5-11/h1-7,9H,8,10H2,(H,19,22)(H,20,21,23). The highest BCUT2D eigenvalue weighted by Crippen LogP contribution is 2.28. The quantitative estimate of drug-likeness (QED) is 0.685. The summed E-state index contributed by atoms with van der Waals surface area (Å²) < 4.78 is 1.94. The summed E-state index contributed by atoms with van der Waals surface area (Å²) in [7, 11) is 0. The van der Waals surface area contributed by atoms with Crippen molar-refractivity contribution in [2.24, 2.45) is 0 Å².